The molecule has 1 aliphatic rings. The Kier molecular flexibility index (Phi) is 4.59. The molecule has 6 nitrogen and oxygen atoms in total. The predicted molar refractivity (Wildman–Crippen MR) is 75.3 cm³/mol. The molecule has 0 saturated heterocycles. The predicted octanol–water partition coefficient (Wildman–Crippen LogP) is 0.980. The van der Waals surface area contributed by atoms with Crippen molar-refractivity contribution in [2.24, 2.45) is 5.92 Å². The van der Waals surface area contributed by atoms with Crippen LogP contribution in [0.4, 0.5) is 0 Å². The van der Waals surface area contributed by atoms with Crippen molar-refractivity contribution in [1.29, 1.82) is 0 Å². The lowest BCUT2D eigenvalue weighted by atomic mass is 10.0. The van der Waals surface area contributed by atoms with Gasteiger partial charge in [-0.1, -0.05) is 6.42 Å². The summed E-state index contributed by atoms with van der Waals surface area (Å²) < 4.78 is 1.98. The summed E-state index contributed by atoms with van der Waals surface area (Å²) in [5.41, 5.74) is -0.274. The number of amides is 1. The van der Waals surface area contributed by atoms with E-state index in [0.717, 1.165) is 6.42 Å². The van der Waals surface area contributed by atoms with Gasteiger partial charge in [-0.25, -0.2) is 0 Å². The highest BCUT2D eigenvalue weighted by molar-refractivity contribution is 9.10. The molecule has 20 heavy (non-hydrogen) atoms. The molecule has 7 heteroatoms. The number of carbonyl (C=O) groups is 2. The van der Waals surface area contributed by atoms with E-state index in [-0.39, 0.29) is 24.1 Å². The van der Waals surface area contributed by atoms with E-state index in [1.807, 2.05) is 0 Å². The summed E-state index contributed by atoms with van der Waals surface area (Å²) in [6.45, 7) is -0.110. The summed E-state index contributed by atoms with van der Waals surface area (Å²) in [4.78, 5) is 34.5. The second-order valence-electron chi connectivity index (χ2n) is 4.86. The first-order valence-electron chi connectivity index (χ1n) is 6.35. The van der Waals surface area contributed by atoms with Crippen molar-refractivity contribution >= 4 is 27.8 Å². The first-order chi connectivity index (χ1) is 9.47. The Balaban J connectivity index is 2.00. The molecule has 1 aromatic rings. The molecule has 1 aliphatic carbocycles. The van der Waals surface area contributed by atoms with E-state index >= 15 is 0 Å². The van der Waals surface area contributed by atoms with E-state index in [4.69, 9.17) is 5.11 Å². The molecule has 1 aromatic heterocycles. The molecule has 1 amide bonds. The van der Waals surface area contributed by atoms with Crippen LogP contribution in [-0.2, 0) is 16.1 Å². The van der Waals surface area contributed by atoms with Gasteiger partial charge in [0, 0.05) is 22.8 Å². The SMILES string of the molecule is O=C(Cn1cc(Br)ccc1=O)NC1CCCC1C(=O)O. The van der Waals surface area contributed by atoms with Gasteiger partial charge in [-0.3, -0.25) is 14.4 Å². The van der Waals surface area contributed by atoms with E-state index in [2.05, 4.69) is 21.2 Å². The van der Waals surface area contributed by atoms with Crippen LogP contribution in [0.15, 0.2) is 27.6 Å². The molecule has 2 atom stereocenters. The Labute approximate surface area is 123 Å². The minimum atomic E-state index is -0.882. The molecule has 108 valence electrons. The van der Waals surface area contributed by atoms with Gasteiger partial charge in [-0.15, -0.1) is 0 Å². The fourth-order valence-corrected chi connectivity index (χ4v) is 2.84. The topological polar surface area (TPSA) is 88.4 Å². The van der Waals surface area contributed by atoms with E-state index in [1.54, 1.807) is 6.07 Å². The molecule has 2 N–H and O–H groups in total. The third-order valence-corrected chi connectivity index (χ3v) is 3.91. The van der Waals surface area contributed by atoms with Crippen LogP contribution in [-0.4, -0.2) is 27.6 Å². The third kappa shape index (κ3) is 3.47. The number of carboxylic acids is 1. The number of nitrogens with one attached hydrogen (secondary N) is 1. The number of aliphatic carboxylic acids is 1. The average molecular weight is 343 g/mol. The number of pyridine rings is 1. The number of carboxylic acid groups (broad SMARTS) is 1. The smallest absolute Gasteiger partial charge is 0.308 e. The van der Waals surface area contributed by atoms with Crippen LogP contribution < -0.4 is 10.9 Å². The maximum Gasteiger partial charge on any atom is 0.308 e. The number of nitrogens with zero attached hydrogens (tertiary/aromatic N) is 1. The minimum absolute atomic E-state index is 0.110. The molecule has 0 radical (unpaired) electrons. The van der Waals surface area contributed by atoms with Gasteiger partial charge in [0.2, 0.25) is 5.91 Å². The zero-order chi connectivity index (χ0) is 14.7. The van der Waals surface area contributed by atoms with Crippen LogP contribution in [0.25, 0.3) is 0 Å². The maximum absolute atomic E-state index is 11.9. The van der Waals surface area contributed by atoms with Crippen LogP contribution in [0.3, 0.4) is 0 Å². The molecule has 0 aliphatic heterocycles. The summed E-state index contributed by atoms with van der Waals surface area (Å²) in [6, 6.07) is 2.63. The summed E-state index contributed by atoms with van der Waals surface area (Å²) in [5, 5.41) is 11.8. The van der Waals surface area contributed by atoms with Crippen molar-refractivity contribution in [2.45, 2.75) is 31.8 Å². The zero-order valence-corrected chi connectivity index (χ0v) is 12.3. The van der Waals surface area contributed by atoms with E-state index in [9.17, 15) is 14.4 Å². The standard InChI is InChI=1S/C13H15BrN2O4/c14-8-4-5-12(18)16(6-8)7-11(17)15-10-3-1-2-9(10)13(19)20/h4-6,9-10H,1-3,7H2,(H,15,17)(H,19,20). The van der Waals surface area contributed by atoms with Crippen molar-refractivity contribution in [1.82, 2.24) is 9.88 Å². The number of hydrogen-bond acceptors (Lipinski definition) is 3. The van der Waals surface area contributed by atoms with Gasteiger partial charge in [0.25, 0.3) is 5.56 Å². The number of aromatic nitrogens is 1. The molecule has 2 unspecified atom stereocenters. The lowest BCUT2D eigenvalue weighted by molar-refractivity contribution is -0.142. The maximum atomic E-state index is 11.9. The number of rotatable bonds is 4. The normalized spacial score (nSPS) is 21.6. The third-order valence-electron chi connectivity index (χ3n) is 3.44. The highest BCUT2D eigenvalue weighted by Crippen LogP contribution is 2.25. The first-order valence-corrected chi connectivity index (χ1v) is 7.15. The Hall–Kier alpha value is -1.63. The fraction of sp³-hybridized carbons (Fsp3) is 0.462. The van der Waals surface area contributed by atoms with Gasteiger partial charge < -0.3 is 15.0 Å². The molecule has 0 bridgehead atoms. The van der Waals surface area contributed by atoms with Gasteiger partial charge in [0.05, 0.1) is 5.92 Å². The van der Waals surface area contributed by atoms with E-state index < -0.39 is 11.9 Å². The minimum Gasteiger partial charge on any atom is -0.481 e. The van der Waals surface area contributed by atoms with Crippen LogP contribution in [0.1, 0.15) is 19.3 Å². The van der Waals surface area contributed by atoms with Crippen LogP contribution in [0.5, 0.6) is 0 Å². The van der Waals surface area contributed by atoms with Crippen molar-refractivity contribution in [2.75, 3.05) is 0 Å². The molecule has 1 saturated carbocycles. The second kappa shape index (κ2) is 6.21. The molecule has 2 rings (SSSR count). The molecule has 0 spiro atoms. The summed E-state index contributed by atoms with van der Waals surface area (Å²) in [7, 11) is 0. The Morgan fingerprint density at radius 2 is 2.15 bits per heavy atom. The molecular weight excluding hydrogens is 328 g/mol. The van der Waals surface area contributed by atoms with Gasteiger partial charge in [0.1, 0.15) is 6.54 Å². The molecule has 0 aromatic carbocycles. The highest BCUT2D eigenvalue weighted by Gasteiger charge is 2.33. The first kappa shape index (κ1) is 14.8. The lowest BCUT2D eigenvalue weighted by Gasteiger charge is -2.17. The second-order valence-corrected chi connectivity index (χ2v) is 5.78. The van der Waals surface area contributed by atoms with Crippen molar-refractivity contribution < 1.29 is 14.7 Å². The van der Waals surface area contributed by atoms with Gasteiger partial charge in [-0.05, 0) is 34.8 Å². The van der Waals surface area contributed by atoms with Gasteiger partial charge in [-0.2, -0.15) is 0 Å². The Morgan fingerprint density at radius 3 is 2.85 bits per heavy atom. The van der Waals surface area contributed by atoms with E-state index in [1.165, 1.54) is 16.8 Å². The summed E-state index contributed by atoms with van der Waals surface area (Å²) >= 11 is 3.23. The van der Waals surface area contributed by atoms with Crippen LogP contribution in [0.2, 0.25) is 0 Å². The highest BCUT2D eigenvalue weighted by atomic mass is 79.9. The summed E-state index contributed by atoms with van der Waals surface area (Å²) in [6.07, 6.45) is 3.57. The lowest BCUT2D eigenvalue weighted by Crippen LogP contribution is -2.42. The quantitative estimate of drug-likeness (QED) is 0.853. The number of carbonyl (C=O) groups excluding carboxylic acids is 1. The summed E-state index contributed by atoms with van der Waals surface area (Å²) in [5.74, 6) is -1.76. The van der Waals surface area contributed by atoms with Crippen molar-refractivity contribution in [3.8, 4) is 0 Å². The van der Waals surface area contributed by atoms with Crippen LogP contribution >= 0.6 is 15.9 Å². The number of halogens is 1. The molecular formula is C13H15BrN2O4. The largest absolute Gasteiger partial charge is 0.481 e. The molecule has 1 fully saturated rings. The Bertz CT molecular complexity index is 584. The number of hydrogen-bond donors (Lipinski definition) is 2. The Morgan fingerprint density at radius 1 is 1.40 bits per heavy atom. The fourth-order valence-electron chi connectivity index (χ4n) is 2.46. The van der Waals surface area contributed by atoms with Gasteiger partial charge in [0.15, 0.2) is 0 Å². The molecule has 1 heterocycles. The zero-order valence-electron chi connectivity index (χ0n) is 10.7. The average Bonchev–Trinajstić information content (AvgIpc) is 2.82. The monoisotopic (exact) mass is 342 g/mol. The van der Waals surface area contributed by atoms with Crippen molar-refractivity contribution in [3.63, 3.8) is 0 Å². The van der Waals surface area contributed by atoms with Gasteiger partial charge >= 0.3 is 5.97 Å². The van der Waals surface area contributed by atoms with E-state index in [0.29, 0.717) is 17.3 Å². The van der Waals surface area contributed by atoms with Crippen LogP contribution in [0, 0.1) is 5.92 Å². The van der Waals surface area contributed by atoms with Crippen molar-refractivity contribution in [3.05, 3.63) is 33.2 Å².